The van der Waals surface area contributed by atoms with E-state index in [0.717, 1.165) is 11.3 Å². The zero-order valence-electron chi connectivity index (χ0n) is 13.1. The van der Waals surface area contributed by atoms with E-state index in [1.807, 2.05) is 62.4 Å². The number of ether oxygens (including phenoxy) is 2. The lowest BCUT2D eigenvalue weighted by molar-refractivity contribution is -0.122. The minimum atomic E-state index is -0.575. The third kappa shape index (κ3) is 4.52. The van der Waals surface area contributed by atoms with Crippen LogP contribution in [0.4, 0.5) is 5.69 Å². The molecule has 0 fully saturated rings. The Hall–Kier alpha value is -2.49. The highest BCUT2D eigenvalue weighted by Crippen LogP contribution is 2.17. The van der Waals surface area contributed by atoms with Gasteiger partial charge in [0, 0.05) is 5.69 Å². The minimum absolute atomic E-state index is 0.190. The molecule has 4 nitrogen and oxygen atoms in total. The van der Waals surface area contributed by atoms with E-state index in [4.69, 9.17) is 9.47 Å². The van der Waals surface area contributed by atoms with Crippen LogP contribution < -0.4 is 14.8 Å². The molecule has 0 aromatic heterocycles. The van der Waals surface area contributed by atoms with Crippen molar-refractivity contribution in [1.29, 1.82) is 0 Å². The average Bonchev–Trinajstić information content (AvgIpc) is 2.51. The van der Waals surface area contributed by atoms with Crippen molar-refractivity contribution < 1.29 is 14.3 Å². The van der Waals surface area contributed by atoms with Gasteiger partial charge in [0.25, 0.3) is 5.91 Å². The first kappa shape index (κ1) is 15.9. The molecule has 1 atom stereocenters. The van der Waals surface area contributed by atoms with Gasteiger partial charge in [-0.05, 0) is 57.2 Å². The molecule has 0 radical (unpaired) electrons. The largest absolute Gasteiger partial charge is 0.494 e. The van der Waals surface area contributed by atoms with Crippen LogP contribution in [0.15, 0.2) is 48.5 Å². The number of carbonyl (C=O) groups is 1. The van der Waals surface area contributed by atoms with Crippen LogP contribution in [0.2, 0.25) is 0 Å². The number of benzene rings is 2. The monoisotopic (exact) mass is 299 g/mol. The highest BCUT2D eigenvalue weighted by molar-refractivity contribution is 5.94. The number of carbonyl (C=O) groups excluding carboxylic acids is 1. The molecule has 0 saturated heterocycles. The number of hydrogen-bond donors (Lipinski definition) is 1. The standard InChI is InChI=1S/C18H21NO3/c1-4-21-16-11-7-15(8-12-16)19-18(20)14(3)22-17-9-5-13(2)6-10-17/h5-12,14H,4H2,1-3H3,(H,19,20). The Morgan fingerprint density at radius 3 is 2.23 bits per heavy atom. The second-order valence-electron chi connectivity index (χ2n) is 5.02. The Morgan fingerprint density at radius 2 is 1.64 bits per heavy atom. The fourth-order valence-electron chi connectivity index (χ4n) is 1.92. The molecule has 1 unspecified atom stereocenters. The van der Waals surface area contributed by atoms with E-state index in [2.05, 4.69) is 5.32 Å². The topological polar surface area (TPSA) is 47.6 Å². The summed E-state index contributed by atoms with van der Waals surface area (Å²) in [4.78, 5) is 12.1. The number of amides is 1. The smallest absolute Gasteiger partial charge is 0.265 e. The lowest BCUT2D eigenvalue weighted by atomic mass is 10.2. The van der Waals surface area contributed by atoms with Crippen LogP contribution >= 0.6 is 0 Å². The molecule has 2 aromatic rings. The van der Waals surface area contributed by atoms with Gasteiger partial charge < -0.3 is 14.8 Å². The van der Waals surface area contributed by atoms with E-state index >= 15 is 0 Å². The Balaban J connectivity index is 1.91. The van der Waals surface area contributed by atoms with Crippen LogP contribution in [-0.4, -0.2) is 18.6 Å². The third-order valence-corrected chi connectivity index (χ3v) is 3.14. The van der Waals surface area contributed by atoms with Crippen LogP contribution in [-0.2, 0) is 4.79 Å². The van der Waals surface area contributed by atoms with Gasteiger partial charge in [0.05, 0.1) is 6.61 Å². The quantitative estimate of drug-likeness (QED) is 0.882. The van der Waals surface area contributed by atoms with Crippen LogP contribution in [0.1, 0.15) is 19.4 Å². The summed E-state index contributed by atoms with van der Waals surface area (Å²) in [6.07, 6.45) is -0.575. The molecule has 0 spiro atoms. The van der Waals surface area contributed by atoms with Crippen molar-refractivity contribution in [2.75, 3.05) is 11.9 Å². The second-order valence-corrected chi connectivity index (χ2v) is 5.02. The van der Waals surface area contributed by atoms with Crippen molar-refractivity contribution in [3.8, 4) is 11.5 Å². The molecule has 1 amide bonds. The molecule has 2 rings (SSSR count). The highest BCUT2D eigenvalue weighted by atomic mass is 16.5. The van der Waals surface area contributed by atoms with E-state index in [1.165, 1.54) is 0 Å². The number of anilines is 1. The number of aryl methyl sites for hydroxylation is 1. The summed E-state index contributed by atoms with van der Waals surface area (Å²) >= 11 is 0. The summed E-state index contributed by atoms with van der Waals surface area (Å²) in [6, 6.07) is 14.9. The summed E-state index contributed by atoms with van der Waals surface area (Å²) in [5.74, 6) is 1.27. The molecular formula is C18H21NO3. The summed E-state index contributed by atoms with van der Waals surface area (Å²) in [6.45, 7) is 6.28. The van der Waals surface area contributed by atoms with Gasteiger partial charge in [0.15, 0.2) is 6.10 Å². The van der Waals surface area contributed by atoms with Gasteiger partial charge in [-0.2, -0.15) is 0 Å². The fourth-order valence-corrected chi connectivity index (χ4v) is 1.92. The number of nitrogens with one attached hydrogen (secondary N) is 1. The Kier molecular flexibility index (Phi) is 5.42. The highest BCUT2D eigenvalue weighted by Gasteiger charge is 2.14. The molecule has 0 aliphatic carbocycles. The second kappa shape index (κ2) is 7.50. The van der Waals surface area contributed by atoms with Gasteiger partial charge in [-0.3, -0.25) is 4.79 Å². The first-order valence-corrected chi connectivity index (χ1v) is 7.35. The van der Waals surface area contributed by atoms with Gasteiger partial charge in [0.1, 0.15) is 11.5 Å². The van der Waals surface area contributed by atoms with Crippen molar-refractivity contribution in [2.45, 2.75) is 26.9 Å². The van der Waals surface area contributed by atoms with Gasteiger partial charge in [-0.25, -0.2) is 0 Å². The first-order chi connectivity index (χ1) is 10.6. The maximum absolute atomic E-state index is 12.1. The number of hydrogen-bond acceptors (Lipinski definition) is 3. The van der Waals surface area contributed by atoms with Crippen molar-refractivity contribution in [1.82, 2.24) is 0 Å². The van der Waals surface area contributed by atoms with Gasteiger partial charge >= 0.3 is 0 Å². The average molecular weight is 299 g/mol. The summed E-state index contributed by atoms with van der Waals surface area (Å²) < 4.78 is 11.0. The maximum Gasteiger partial charge on any atom is 0.265 e. The molecule has 2 aromatic carbocycles. The van der Waals surface area contributed by atoms with E-state index in [-0.39, 0.29) is 5.91 Å². The predicted octanol–water partition coefficient (Wildman–Crippen LogP) is 3.80. The maximum atomic E-state index is 12.1. The number of rotatable bonds is 6. The predicted molar refractivity (Wildman–Crippen MR) is 87.5 cm³/mol. The lowest BCUT2D eigenvalue weighted by Gasteiger charge is -2.15. The van der Waals surface area contributed by atoms with Gasteiger partial charge in [-0.1, -0.05) is 17.7 Å². The Morgan fingerprint density at radius 1 is 1.05 bits per heavy atom. The zero-order valence-corrected chi connectivity index (χ0v) is 13.1. The lowest BCUT2D eigenvalue weighted by Crippen LogP contribution is -2.30. The van der Waals surface area contributed by atoms with Crippen LogP contribution in [0.5, 0.6) is 11.5 Å². The summed E-state index contributed by atoms with van der Waals surface area (Å²) in [5, 5.41) is 2.82. The summed E-state index contributed by atoms with van der Waals surface area (Å²) in [5.41, 5.74) is 1.87. The molecule has 0 bridgehead atoms. The molecule has 4 heteroatoms. The third-order valence-electron chi connectivity index (χ3n) is 3.14. The van der Waals surface area contributed by atoms with E-state index < -0.39 is 6.10 Å². The van der Waals surface area contributed by atoms with E-state index in [9.17, 15) is 4.79 Å². The van der Waals surface area contributed by atoms with Gasteiger partial charge in [-0.15, -0.1) is 0 Å². The zero-order chi connectivity index (χ0) is 15.9. The summed E-state index contributed by atoms with van der Waals surface area (Å²) in [7, 11) is 0. The fraction of sp³-hybridized carbons (Fsp3) is 0.278. The van der Waals surface area contributed by atoms with Crippen molar-refractivity contribution in [3.63, 3.8) is 0 Å². The van der Waals surface area contributed by atoms with Crippen molar-refractivity contribution in [3.05, 3.63) is 54.1 Å². The van der Waals surface area contributed by atoms with Crippen molar-refractivity contribution >= 4 is 11.6 Å². The minimum Gasteiger partial charge on any atom is -0.494 e. The molecular weight excluding hydrogens is 278 g/mol. The molecule has 0 aliphatic rings. The molecule has 0 aliphatic heterocycles. The van der Waals surface area contributed by atoms with E-state index in [1.54, 1.807) is 6.92 Å². The first-order valence-electron chi connectivity index (χ1n) is 7.35. The molecule has 0 heterocycles. The SMILES string of the molecule is CCOc1ccc(NC(=O)C(C)Oc2ccc(C)cc2)cc1. The molecule has 116 valence electrons. The van der Waals surface area contributed by atoms with Crippen LogP contribution in [0, 0.1) is 6.92 Å². The molecule has 22 heavy (non-hydrogen) atoms. The Labute approximate surface area is 131 Å². The van der Waals surface area contributed by atoms with Crippen LogP contribution in [0.25, 0.3) is 0 Å². The Bertz CT molecular complexity index is 605. The van der Waals surface area contributed by atoms with Crippen molar-refractivity contribution in [2.24, 2.45) is 0 Å². The van der Waals surface area contributed by atoms with Gasteiger partial charge in [0.2, 0.25) is 0 Å². The molecule has 0 saturated carbocycles. The van der Waals surface area contributed by atoms with E-state index in [0.29, 0.717) is 18.0 Å². The normalized spacial score (nSPS) is 11.6. The van der Waals surface area contributed by atoms with Crippen LogP contribution in [0.3, 0.4) is 0 Å². The molecule has 1 N–H and O–H groups in total.